The van der Waals surface area contributed by atoms with Crippen molar-refractivity contribution in [3.05, 3.63) is 0 Å². The number of esters is 1. The van der Waals surface area contributed by atoms with Gasteiger partial charge in [-0.1, -0.05) is 0 Å². The smallest absolute Gasteiger partial charge is 0.309 e. The van der Waals surface area contributed by atoms with Crippen molar-refractivity contribution in [2.24, 2.45) is 47.3 Å². The van der Waals surface area contributed by atoms with Gasteiger partial charge < -0.3 is 9.84 Å². The highest BCUT2D eigenvalue weighted by molar-refractivity contribution is 5.83. The van der Waals surface area contributed by atoms with E-state index in [2.05, 4.69) is 0 Å². The van der Waals surface area contributed by atoms with Crippen LogP contribution in [0.1, 0.15) is 25.7 Å². The predicted molar refractivity (Wildman–Crippen MR) is 66.0 cm³/mol. The van der Waals surface area contributed by atoms with Crippen LogP contribution in [0.3, 0.4) is 0 Å². The summed E-state index contributed by atoms with van der Waals surface area (Å²) in [6.45, 7) is 0. The van der Waals surface area contributed by atoms with E-state index in [1.807, 2.05) is 0 Å². The van der Waals surface area contributed by atoms with Crippen molar-refractivity contribution in [2.75, 3.05) is 7.11 Å². The van der Waals surface area contributed by atoms with Crippen LogP contribution in [-0.2, 0) is 14.3 Å². The fourth-order valence-electron chi connectivity index (χ4n) is 6.38. The lowest BCUT2D eigenvalue weighted by atomic mass is 9.63. The lowest BCUT2D eigenvalue weighted by molar-refractivity contribution is -0.161. The van der Waals surface area contributed by atoms with Gasteiger partial charge in [0.05, 0.1) is 18.9 Å². The minimum absolute atomic E-state index is 0.229. The number of carbonyl (C=O) groups is 2. The van der Waals surface area contributed by atoms with E-state index in [-0.39, 0.29) is 23.7 Å². The third-order valence-electron chi connectivity index (χ3n) is 6.65. The fraction of sp³-hybridized carbons (Fsp3) is 0.867. The van der Waals surface area contributed by atoms with E-state index in [0.717, 1.165) is 18.3 Å². The summed E-state index contributed by atoms with van der Waals surface area (Å²) < 4.78 is 4.89. The van der Waals surface area contributed by atoms with Crippen LogP contribution < -0.4 is 0 Å². The molecular formula is C15H20O4. The lowest BCUT2D eigenvalue weighted by Crippen LogP contribution is -2.44. The Morgan fingerprint density at radius 3 is 2.11 bits per heavy atom. The normalized spacial score (nSPS) is 53.3. The topological polar surface area (TPSA) is 63.6 Å². The van der Waals surface area contributed by atoms with E-state index in [9.17, 15) is 14.7 Å². The maximum Gasteiger partial charge on any atom is 0.309 e. The van der Waals surface area contributed by atoms with Crippen LogP contribution in [0.5, 0.6) is 0 Å². The molecule has 0 aromatic carbocycles. The summed E-state index contributed by atoms with van der Waals surface area (Å²) in [4.78, 5) is 23.6. The number of methoxy groups -OCH3 is 1. The Morgan fingerprint density at radius 1 is 1.00 bits per heavy atom. The van der Waals surface area contributed by atoms with Crippen LogP contribution in [0.15, 0.2) is 0 Å². The molecule has 4 aliphatic carbocycles. The van der Waals surface area contributed by atoms with Crippen LogP contribution >= 0.6 is 0 Å². The summed E-state index contributed by atoms with van der Waals surface area (Å²) in [6, 6.07) is 0. The van der Waals surface area contributed by atoms with Gasteiger partial charge in [0.15, 0.2) is 0 Å². The molecular weight excluding hydrogens is 244 g/mol. The fourth-order valence-corrected chi connectivity index (χ4v) is 6.38. The number of aliphatic carboxylic acids is 1. The zero-order valence-electron chi connectivity index (χ0n) is 11.1. The van der Waals surface area contributed by atoms with Crippen LogP contribution in [-0.4, -0.2) is 24.2 Å². The van der Waals surface area contributed by atoms with Crippen molar-refractivity contribution in [2.45, 2.75) is 25.7 Å². The highest BCUT2D eigenvalue weighted by Crippen LogP contribution is 2.70. The molecule has 4 rings (SSSR count). The summed E-state index contributed by atoms with van der Waals surface area (Å²) in [5.41, 5.74) is 0. The zero-order valence-corrected chi connectivity index (χ0v) is 11.1. The molecule has 8 atom stereocenters. The molecule has 0 saturated heterocycles. The molecule has 104 valence electrons. The van der Waals surface area contributed by atoms with Gasteiger partial charge in [0.25, 0.3) is 0 Å². The number of carbonyl (C=O) groups excluding carboxylic acids is 1. The Morgan fingerprint density at radius 2 is 1.58 bits per heavy atom. The molecule has 4 fully saturated rings. The van der Waals surface area contributed by atoms with Crippen molar-refractivity contribution in [1.82, 2.24) is 0 Å². The average molecular weight is 264 g/mol. The Balaban J connectivity index is 1.71. The first-order chi connectivity index (χ1) is 9.13. The summed E-state index contributed by atoms with van der Waals surface area (Å²) >= 11 is 0. The average Bonchev–Trinajstić information content (AvgIpc) is 3.12. The van der Waals surface area contributed by atoms with Gasteiger partial charge in [-0.15, -0.1) is 0 Å². The number of carboxylic acids is 1. The van der Waals surface area contributed by atoms with Gasteiger partial charge in [0.1, 0.15) is 0 Å². The van der Waals surface area contributed by atoms with E-state index < -0.39 is 11.9 Å². The Hall–Kier alpha value is -1.06. The Bertz CT molecular complexity index is 445. The van der Waals surface area contributed by atoms with E-state index in [1.54, 1.807) is 0 Å². The molecule has 4 nitrogen and oxygen atoms in total. The monoisotopic (exact) mass is 264 g/mol. The second-order valence-electron chi connectivity index (χ2n) is 6.96. The lowest BCUT2D eigenvalue weighted by Gasteiger charge is -2.40. The molecule has 0 spiro atoms. The molecule has 4 saturated carbocycles. The molecule has 4 bridgehead atoms. The highest BCUT2D eigenvalue weighted by atomic mass is 16.5. The van der Waals surface area contributed by atoms with Crippen molar-refractivity contribution >= 4 is 11.9 Å². The van der Waals surface area contributed by atoms with Gasteiger partial charge in [-0.3, -0.25) is 9.59 Å². The second-order valence-corrected chi connectivity index (χ2v) is 6.96. The first kappa shape index (κ1) is 11.7. The first-order valence-corrected chi connectivity index (χ1v) is 7.44. The number of ether oxygens (including phenoxy) is 1. The Kier molecular flexibility index (Phi) is 2.31. The number of carboxylic acid groups (broad SMARTS) is 1. The first-order valence-electron chi connectivity index (χ1n) is 7.44. The van der Waals surface area contributed by atoms with Crippen molar-refractivity contribution < 1.29 is 19.4 Å². The van der Waals surface area contributed by atoms with Gasteiger partial charge >= 0.3 is 11.9 Å². The summed E-state index contributed by atoms with van der Waals surface area (Å²) in [5, 5.41) is 9.53. The summed E-state index contributed by atoms with van der Waals surface area (Å²) in [5.74, 6) is 1.26. The predicted octanol–water partition coefficient (Wildman–Crippen LogP) is 1.79. The highest BCUT2D eigenvalue weighted by Gasteiger charge is 2.68. The molecule has 0 aromatic heterocycles. The largest absolute Gasteiger partial charge is 0.481 e. The van der Waals surface area contributed by atoms with Crippen LogP contribution in [0.4, 0.5) is 0 Å². The number of rotatable bonds is 2. The van der Waals surface area contributed by atoms with Crippen LogP contribution in [0.25, 0.3) is 0 Å². The molecule has 0 aliphatic heterocycles. The second kappa shape index (κ2) is 3.74. The van der Waals surface area contributed by atoms with Gasteiger partial charge in [-0.25, -0.2) is 0 Å². The van der Waals surface area contributed by atoms with Gasteiger partial charge in [0.2, 0.25) is 0 Å². The third-order valence-corrected chi connectivity index (χ3v) is 6.65. The molecule has 0 amide bonds. The minimum Gasteiger partial charge on any atom is -0.481 e. The van der Waals surface area contributed by atoms with E-state index in [1.165, 1.54) is 26.4 Å². The molecule has 1 N–H and O–H groups in total. The maximum atomic E-state index is 12.0. The molecule has 8 unspecified atom stereocenters. The summed E-state index contributed by atoms with van der Waals surface area (Å²) in [6.07, 6.45) is 4.80. The molecule has 4 heteroatoms. The van der Waals surface area contributed by atoms with Crippen molar-refractivity contribution in [1.29, 1.82) is 0 Å². The van der Waals surface area contributed by atoms with Crippen LogP contribution in [0, 0.1) is 47.3 Å². The third kappa shape index (κ3) is 1.30. The van der Waals surface area contributed by atoms with Crippen LogP contribution in [0.2, 0.25) is 0 Å². The quantitative estimate of drug-likeness (QED) is 0.610. The molecule has 4 aliphatic rings. The van der Waals surface area contributed by atoms with E-state index >= 15 is 0 Å². The molecule has 0 radical (unpaired) electrons. The van der Waals surface area contributed by atoms with Gasteiger partial charge in [-0.05, 0) is 61.2 Å². The SMILES string of the molecule is COC(=O)C1C2CC(C1C(=O)O)C1C3CCC(C3)C21. The number of fused-ring (bicyclic) bond motifs is 9. The number of hydrogen-bond acceptors (Lipinski definition) is 3. The van der Waals surface area contributed by atoms with Gasteiger partial charge in [-0.2, -0.15) is 0 Å². The van der Waals surface area contributed by atoms with Gasteiger partial charge in [0, 0.05) is 0 Å². The van der Waals surface area contributed by atoms with E-state index in [4.69, 9.17) is 4.74 Å². The number of hydrogen-bond donors (Lipinski definition) is 1. The Labute approximate surface area is 112 Å². The molecule has 19 heavy (non-hydrogen) atoms. The summed E-state index contributed by atoms with van der Waals surface area (Å²) in [7, 11) is 1.38. The van der Waals surface area contributed by atoms with Crippen molar-refractivity contribution in [3.8, 4) is 0 Å². The maximum absolute atomic E-state index is 12.0. The standard InChI is InChI=1S/C15H20O4/c1-19-15(18)13-9-5-8(12(13)14(16)17)10-6-2-3-7(4-6)11(9)10/h6-13H,2-5H2,1H3,(H,16,17). The molecule has 0 heterocycles. The minimum atomic E-state index is -0.788. The molecule has 0 aromatic rings. The van der Waals surface area contributed by atoms with Crippen molar-refractivity contribution in [3.63, 3.8) is 0 Å². The van der Waals surface area contributed by atoms with E-state index in [0.29, 0.717) is 11.8 Å². The zero-order chi connectivity index (χ0) is 13.3.